The summed E-state index contributed by atoms with van der Waals surface area (Å²) < 4.78 is 6.05. The summed E-state index contributed by atoms with van der Waals surface area (Å²) in [7, 11) is 2.19. The van der Waals surface area contributed by atoms with Crippen LogP contribution in [0.5, 0.6) is 0 Å². The molecule has 1 aromatic rings. The number of ether oxygens (including phenoxy) is 1. The molecule has 4 heterocycles. The van der Waals surface area contributed by atoms with Crippen LogP contribution in [0.15, 0.2) is 24.5 Å². The fourth-order valence-electron chi connectivity index (χ4n) is 4.96. The van der Waals surface area contributed by atoms with E-state index in [9.17, 15) is 4.79 Å². The van der Waals surface area contributed by atoms with Gasteiger partial charge in [0.05, 0.1) is 13.2 Å². The highest BCUT2D eigenvalue weighted by Gasteiger charge is 2.50. The van der Waals surface area contributed by atoms with Crippen LogP contribution in [0.4, 0.5) is 4.79 Å². The van der Waals surface area contributed by atoms with E-state index in [-0.39, 0.29) is 11.4 Å². The van der Waals surface area contributed by atoms with Crippen LogP contribution in [0.2, 0.25) is 0 Å². The number of carbonyl (C=O) groups is 1. The molecule has 2 atom stereocenters. The summed E-state index contributed by atoms with van der Waals surface area (Å²) in [4.78, 5) is 23.5. The van der Waals surface area contributed by atoms with Crippen LogP contribution >= 0.6 is 0 Å². The van der Waals surface area contributed by atoms with Crippen molar-refractivity contribution in [2.24, 2.45) is 11.3 Å². The summed E-state index contributed by atoms with van der Waals surface area (Å²) in [5, 5.41) is 0. The third-order valence-electron chi connectivity index (χ3n) is 6.33. The second kappa shape index (κ2) is 7.53. The number of rotatable bonds is 4. The highest BCUT2D eigenvalue weighted by Crippen LogP contribution is 2.44. The van der Waals surface area contributed by atoms with E-state index in [1.54, 1.807) is 6.20 Å². The summed E-state index contributed by atoms with van der Waals surface area (Å²) in [6.07, 6.45) is 7.05. The van der Waals surface area contributed by atoms with Gasteiger partial charge in [0.25, 0.3) is 0 Å². The van der Waals surface area contributed by atoms with Gasteiger partial charge in [0, 0.05) is 63.0 Å². The Morgan fingerprint density at radius 3 is 2.88 bits per heavy atom. The quantitative estimate of drug-likeness (QED) is 0.827. The van der Waals surface area contributed by atoms with E-state index in [1.807, 2.05) is 17.2 Å². The summed E-state index contributed by atoms with van der Waals surface area (Å²) in [6.45, 7) is 7.12. The molecule has 3 fully saturated rings. The summed E-state index contributed by atoms with van der Waals surface area (Å²) in [6, 6.07) is 4.25. The van der Waals surface area contributed by atoms with Crippen LogP contribution in [0, 0.1) is 11.3 Å². The van der Waals surface area contributed by atoms with Gasteiger partial charge < -0.3 is 19.4 Å². The first-order valence-corrected chi connectivity index (χ1v) is 9.85. The molecule has 0 N–H and O–H groups in total. The lowest BCUT2D eigenvalue weighted by Gasteiger charge is -2.31. The largest absolute Gasteiger partial charge is 0.376 e. The molecule has 0 bridgehead atoms. The van der Waals surface area contributed by atoms with Crippen LogP contribution < -0.4 is 0 Å². The molecule has 0 aliphatic carbocycles. The molecule has 1 aromatic heterocycles. The van der Waals surface area contributed by atoms with Crippen molar-refractivity contribution < 1.29 is 9.53 Å². The minimum atomic E-state index is 0.194. The fourth-order valence-corrected chi connectivity index (χ4v) is 4.96. The molecular formula is C20H30N4O2. The second-order valence-electron chi connectivity index (χ2n) is 8.28. The Morgan fingerprint density at radius 1 is 1.27 bits per heavy atom. The minimum Gasteiger partial charge on any atom is -0.376 e. The molecule has 0 radical (unpaired) electrons. The monoisotopic (exact) mass is 358 g/mol. The van der Waals surface area contributed by atoms with Gasteiger partial charge >= 0.3 is 6.03 Å². The average Bonchev–Trinajstić information content (AvgIpc) is 3.37. The predicted molar refractivity (Wildman–Crippen MR) is 99.7 cm³/mol. The van der Waals surface area contributed by atoms with E-state index in [0.29, 0.717) is 12.5 Å². The van der Waals surface area contributed by atoms with E-state index >= 15 is 0 Å². The van der Waals surface area contributed by atoms with Crippen molar-refractivity contribution in [2.75, 3.05) is 52.9 Å². The van der Waals surface area contributed by atoms with Crippen LogP contribution in [0.1, 0.15) is 24.8 Å². The summed E-state index contributed by atoms with van der Waals surface area (Å²) >= 11 is 0. The van der Waals surface area contributed by atoms with Crippen molar-refractivity contribution in [1.82, 2.24) is 19.7 Å². The smallest absolute Gasteiger partial charge is 0.320 e. The Kier molecular flexibility index (Phi) is 5.14. The van der Waals surface area contributed by atoms with E-state index < -0.39 is 0 Å². The maximum absolute atomic E-state index is 12.8. The Hall–Kier alpha value is -1.66. The summed E-state index contributed by atoms with van der Waals surface area (Å²) in [5.41, 5.74) is 1.31. The highest BCUT2D eigenvalue weighted by molar-refractivity contribution is 5.75. The van der Waals surface area contributed by atoms with E-state index in [0.717, 1.165) is 70.7 Å². The number of carbonyl (C=O) groups excluding carboxylic acids is 1. The first kappa shape index (κ1) is 17.7. The molecule has 142 valence electrons. The normalized spacial score (nSPS) is 29.2. The van der Waals surface area contributed by atoms with Crippen molar-refractivity contribution in [3.05, 3.63) is 30.1 Å². The minimum absolute atomic E-state index is 0.194. The zero-order chi connectivity index (χ0) is 18.0. The van der Waals surface area contributed by atoms with Crippen LogP contribution in [0.3, 0.4) is 0 Å². The molecule has 0 saturated carbocycles. The van der Waals surface area contributed by atoms with E-state index in [2.05, 4.69) is 27.9 Å². The SMILES string of the molecule is CN1C[C@H](COCc2cccnc2)[C@]2(CCN(C(=O)N3CCCC3)C2)C1. The number of hydrogen-bond donors (Lipinski definition) is 0. The molecule has 1 spiro atoms. The molecule has 3 saturated heterocycles. The zero-order valence-electron chi connectivity index (χ0n) is 15.8. The van der Waals surface area contributed by atoms with Gasteiger partial charge in [-0.3, -0.25) is 4.98 Å². The van der Waals surface area contributed by atoms with Gasteiger partial charge in [-0.25, -0.2) is 4.79 Å². The molecule has 6 nitrogen and oxygen atoms in total. The summed E-state index contributed by atoms with van der Waals surface area (Å²) in [5.74, 6) is 0.487. The van der Waals surface area contributed by atoms with Gasteiger partial charge in [0.2, 0.25) is 0 Å². The maximum atomic E-state index is 12.8. The van der Waals surface area contributed by atoms with E-state index in [4.69, 9.17) is 4.74 Å². The molecule has 2 amide bonds. The zero-order valence-corrected chi connectivity index (χ0v) is 15.8. The molecule has 4 rings (SSSR count). The van der Waals surface area contributed by atoms with Gasteiger partial charge in [-0.2, -0.15) is 0 Å². The second-order valence-corrected chi connectivity index (χ2v) is 8.28. The van der Waals surface area contributed by atoms with Crippen molar-refractivity contribution in [2.45, 2.75) is 25.9 Å². The number of amides is 2. The Morgan fingerprint density at radius 2 is 2.12 bits per heavy atom. The van der Waals surface area contributed by atoms with Gasteiger partial charge in [0.15, 0.2) is 0 Å². The van der Waals surface area contributed by atoms with Gasteiger partial charge in [0.1, 0.15) is 0 Å². The molecule has 3 aliphatic heterocycles. The Labute approximate surface area is 156 Å². The molecule has 0 aromatic carbocycles. The Balaban J connectivity index is 1.35. The molecule has 26 heavy (non-hydrogen) atoms. The number of aromatic nitrogens is 1. The third-order valence-corrected chi connectivity index (χ3v) is 6.33. The predicted octanol–water partition coefficient (Wildman–Crippen LogP) is 2.07. The Bertz CT molecular complexity index is 619. The maximum Gasteiger partial charge on any atom is 0.320 e. The third kappa shape index (κ3) is 3.58. The lowest BCUT2D eigenvalue weighted by Crippen LogP contribution is -2.43. The highest BCUT2D eigenvalue weighted by atomic mass is 16.5. The number of urea groups is 1. The first-order valence-electron chi connectivity index (χ1n) is 9.85. The van der Waals surface area contributed by atoms with E-state index in [1.165, 1.54) is 0 Å². The average molecular weight is 358 g/mol. The van der Waals surface area contributed by atoms with Crippen molar-refractivity contribution >= 4 is 6.03 Å². The van der Waals surface area contributed by atoms with Crippen LogP contribution in [-0.4, -0.2) is 78.6 Å². The lowest BCUT2D eigenvalue weighted by atomic mass is 9.77. The number of nitrogens with zero attached hydrogens (tertiary/aromatic N) is 4. The number of hydrogen-bond acceptors (Lipinski definition) is 4. The standard InChI is InChI=1S/C20H30N4O2/c1-22-12-18(14-26-13-17-5-4-7-21-11-17)20(15-22)6-10-24(16-20)19(25)23-8-2-3-9-23/h4-5,7,11,18H,2-3,6,8-10,12-16H2,1H3/t18-,20-/m1/s1. The first-order chi connectivity index (χ1) is 12.7. The molecule has 0 unspecified atom stereocenters. The van der Waals surface area contributed by atoms with Crippen LogP contribution in [0.25, 0.3) is 0 Å². The van der Waals surface area contributed by atoms with Gasteiger partial charge in [-0.15, -0.1) is 0 Å². The van der Waals surface area contributed by atoms with Gasteiger partial charge in [-0.05, 0) is 37.9 Å². The number of likely N-dealkylation sites (tertiary alicyclic amines) is 3. The van der Waals surface area contributed by atoms with Gasteiger partial charge in [-0.1, -0.05) is 6.07 Å². The van der Waals surface area contributed by atoms with Crippen LogP contribution in [-0.2, 0) is 11.3 Å². The topological polar surface area (TPSA) is 48.9 Å². The van der Waals surface area contributed by atoms with Crippen molar-refractivity contribution in [3.8, 4) is 0 Å². The lowest BCUT2D eigenvalue weighted by molar-refractivity contribution is 0.0522. The fraction of sp³-hybridized carbons (Fsp3) is 0.700. The molecular weight excluding hydrogens is 328 g/mol. The molecule has 6 heteroatoms. The number of pyridine rings is 1. The van der Waals surface area contributed by atoms with Crippen molar-refractivity contribution in [3.63, 3.8) is 0 Å². The van der Waals surface area contributed by atoms with Crippen molar-refractivity contribution in [1.29, 1.82) is 0 Å². The molecule has 3 aliphatic rings.